The Morgan fingerprint density at radius 3 is 0.808 bits per heavy atom. The van der Waals surface area contributed by atoms with Crippen LogP contribution < -0.4 is 5.11 Å². The van der Waals surface area contributed by atoms with E-state index in [0.29, 0.717) is 17.4 Å². The number of carboxylic acid groups (broad SMARTS) is 1. The van der Waals surface area contributed by atoms with E-state index < -0.39 is 24.3 Å². The summed E-state index contributed by atoms with van der Waals surface area (Å²) in [6, 6.07) is 0. The van der Waals surface area contributed by atoms with E-state index in [1.807, 2.05) is 21.1 Å². The molecule has 0 bridgehead atoms. The van der Waals surface area contributed by atoms with Gasteiger partial charge in [-0.25, -0.2) is 0 Å². The van der Waals surface area contributed by atoms with Gasteiger partial charge in [0.1, 0.15) is 13.2 Å². The Kier molecular flexibility index (Phi) is 74.1. The van der Waals surface area contributed by atoms with Crippen LogP contribution in [0.4, 0.5) is 0 Å². The van der Waals surface area contributed by atoms with Crippen molar-refractivity contribution in [2.75, 3.05) is 47.5 Å². The highest BCUT2D eigenvalue weighted by atomic mass is 16.7. The van der Waals surface area contributed by atoms with E-state index in [9.17, 15) is 19.5 Å². The van der Waals surface area contributed by atoms with E-state index >= 15 is 0 Å². The summed E-state index contributed by atoms with van der Waals surface area (Å²) in [6.07, 6.45) is 115. The number of carbonyl (C=O) groups excluding carboxylic acids is 3. The molecule has 562 valence electrons. The number of carbonyl (C=O) groups is 3. The van der Waals surface area contributed by atoms with E-state index in [1.54, 1.807) is 0 Å². The Labute approximate surface area is 609 Å². The normalized spacial score (nSPS) is 13.6. The molecule has 9 nitrogen and oxygen atoms in total. The first kappa shape index (κ1) is 93.6. The molecule has 0 aliphatic carbocycles. The van der Waals surface area contributed by atoms with E-state index in [4.69, 9.17) is 18.9 Å². The van der Waals surface area contributed by atoms with Crippen LogP contribution in [0.25, 0.3) is 0 Å². The number of aliphatic carboxylic acids is 1. The molecule has 2 unspecified atom stereocenters. The average Bonchev–Trinajstić information content (AvgIpc) is 2.62. The molecule has 0 rings (SSSR count). The minimum atomic E-state index is -1.63. The molecular formula is C90H149NO8. The lowest BCUT2D eigenvalue weighted by molar-refractivity contribution is -0.870. The summed E-state index contributed by atoms with van der Waals surface area (Å²) >= 11 is 0. The standard InChI is InChI=1S/C90H149NO8/c1-6-8-10-12-14-16-18-20-22-24-26-28-30-32-34-36-38-40-41-42-43-44-45-46-47-49-51-53-55-57-59-61-63-65-67-69-71-73-75-77-79-81-88(93)99-86(85-98-90(89(94)95)96-83-82-91(3,4)5)84-97-87(92)80-78-76-74-72-70-68-66-64-62-60-58-56-54-52-50-48-39-37-35-33-31-29-27-25-23-21-19-17-15-13-11-9-7-2/h8-11,14-17,20-23,26-29,32-35,38-40,42-43,45-46,48,86,90H,6-7,12-13,18-19,24-25,30-31,36-37,41,44,47,49-85H2,1-5H3/b10-8-,11-9-,16-14-,17-15-,22-20-,23-21-,28-26-,29-27-,34-32-,35-33-,40-38-,43-42-,46-45-,48-39-. The van der Waals surface area contributed by atoms with Crippen molar-refractivity contribution in [1.82, 2.24) is 0 Å². The quantitative estimate of drug-likeness (QED) is 0.0195. The summed E-state index contributed by atoms with van der Waals surface area (Å²) in [7, 11) is 5.93. The van der Waals surface area contributed by atoms with Gasteiger partial charge in [-0.1, -0.05) is 351 Å². The molecule has 0 heterocycles. The molecule has 0 amide bonds. The highest BCUT2D eigenvalue weighted by molar-refractivity contribution is 5.70. The van der Waals surface area contributed by atoms with Crippen molar-refractivity contribution in [3.8, 4) is 0 Å². The van der Waals surface area contributed by atoms with E-state index in [2.05, 4.69) is 184 Å². The summed E-state index contributed by atoms with van der Waals surface area (Å²) in [6.45, 7) is 4.53. The molecule has 0 aliphatic rings. The van der Waals surface area contributed by atoms with Gasteiger partial charge in [0.25, 0.3) is 0 Å². The minimum Gasteiger partial charge on any atom is -0.545 e. The van der Waals surface area contributed by atoms with Gasteiger partial charge in [0, 0.05) is 12.8 Å². The van der Waals surface area contributed by atoms with Gasteiger partial charge in [-0.15, -0.1) is 0 Å². The third-order valence-electron chi connectivity index (χ3n) is 17.0. The number of esters is 2. The number of likely N-dealkylation sites (N-methyl/N-ethyl adjacent to an activating group) is 1. The maximum atomic E-state index is 13.0. The Morgan fingerprint density at radius 1 is 0.303 bits per heavy atom. The molecule has 99 heavy (non-hydrogen) atoms. The highest BCUT2D eigenvalue weighted by Crippen LogP contribution is 2.18. The van der Waals surface area contributed by atoms with Crippen molar-refractivity contribution < 1.29 is 42.9 Å². The minimum absolute atomic E-state index is 0.142. The van der Waals surface area contributed by atoms with E-state index in [1.165, 1.54) is 161 Å². The second-order valence-electron chi connectivity index (χ2n) is 27.6. The molecule has 0 aromatic heterocycles. The first-order valence-electron chi connectivity index (χ1n) is 40.3. The zero-order valence-corrected chi connectivity index (χ0v) is 64.3. The lowest BCUT2D eigenvalue weighted by Gasteiger charge is -2.26. The molecule has 2 atom stereocenters. The molecular weight excluding hydrogens is 1220 g/mol. The summed E-state index contributed by atoms with van der Waals surface area (Å²) in [4.78, 5) is 37.6. The number of unbranched alkanes of at least 4 members (excludes halogenated alkanes) is 30. The Hall–Kier alpha value is -5.35. The van der Waals surface area contributed by atoms with Crippen molar-refractivity contribution in [1.29, 1.82) is 0 Å². The SMILES string of the molecule is CC/C=C\C/C=C\C/C=C\C/C=C\C/C=C\C/C=C\C/C=C\C/C=C\CCCCCCCCCCCCCCCCCCC(=O)OC(COC(=O)CCCCCCCCCCCCCCCC/C=C\C/C=C\C/C=C\C/C=C\C/C=C\C/C=C\CC)COC(OCC[N+](C)(C)C)C(=O)[O-]. The maximum absolute atomic E-state index is 13.0. The topological polar surface area (TPSA) is 111 Å². The second kappa shape index (κ2) is 78.4. The van der Waals surface area contributed by atoms with Gasteiger partial charge >= 0.3 is 11.9 Å². The molecule has 0 radical (unpaired) electrons. The summed E-state index contributed by atoms with van der Waals surface area (Å²) in [5, 5.41) is 11.9. The highest BCUT2D eigenvalue weighted by Gasteiger charge is 2.22. The van der Waals surface area contributed by atoms with Crippen LogP contribution in [0, 0.1) is 0 Å². The van der Waals surface area contributed by atoms with Gasteiger partial charge in [0.15, 0.2) is 12.4 Å². The largest absolute Gasteiger partial charge is 0.545 e. The molecule has 9 heteroatoms. The molecule has 0 fully saturated rings. The first-order chi connectivity index (χ1) is 48.6. The number of nitrogens with zero attached hydrogens (tertiary/aromatic N) is 1. The van der Waals surface area contributed by atoms with E-state index in [0.717, 1.165) is 128 Å². The van der Waals surface area contributed by atoms with Gasteiger partial charge in [-0.2, -0.15) is 0 Å². The van der Waals surface area contributed by atoms with Crippen LogP contribution in [0.2, 0.25) is 0 Å². The fourth-order valence-electron chi connectivity index (χ4n) is 10.9. The smallest absolute Gasteiger partial charge is 0.306 e. The van der Waals surface area contributed by atoms with Crippen molar-refractivity contribution in [2.24, 2.45) is 0 Å². The fourth-order valence-corrected chi connectivity index (χ4v) is 10.9. The molecule has 0 aromatic carbocycles. The number of allylic oxidation sites excluding steroid dienone is 28. The van der Waals surface area contributed by atoms with Crippen molar-refractivity contribution in [3.05, 3.63) is 170 Å². The molecule has 0 aliphatic heterocycles. The third-order valence-corrected chi connectivity index (χ3v) is 17.0. The van der Waals surface area contributed by atoms with Crippen LogP contribution >= 0.6 is 0 Å². The monoisotopic (exact) mass is 1370 g/mol. The summed E-state index contributed by atoms with van der Waals surface area (Å²) in [5.41, 5.74) is 0. The number of ether oxygens (including phenoxy) is 4. The van der Waals surface area contributed by atoms with Crippen LogP contribution in [0.3, 0.4) is 0 Å². The molecule has 0 saturated carbocycles. The predicted molar refractivity (Wildman–Crippen MR) is 425 cm³/mol. The van der Waals surface area contributed by atoms with Crippen LogP contribution in [0.1, 0.15) is 322 Å². The predicted octanol–water partition coefficient (Wildman–Crippen LogP) is 24.8. The van der Waals surface area contributed by atoms with Crippen LogP contribution in [0.5, 0.6) is 0 Å². The lowest BCUT2D eigenvalue weighted by atomic mass is 10.0. The lowest BCUT2D eigenvalue weighted by Crippen LogP contribution is -2.44. The van der Waals surface area contributed by atoms with Crippen LogP contribution in [-0.4, -0.2) is 82.3 Å². The van der Waals surface area contributed by atoms with Crippen LogP contribution in [0.15, 0.2) is 170 Å². The summed E-state index contributed by atoms with van der Waals surface area (Å²) < 4.78 is 22.9. The van der Waals surface area contributed by atoms with Gasteiger partial charge in [-0.05, 0) is 128 Å². The Morgan fingerprint density at radius 2 is 0.545 bits per heavy atom. The van der Waals surface area contributed by atoms with Crippen LogP contribution in [-0.2, 0) is 33.3 Å². The Bertz CT molecular complexity index is 2240. The zero-order chi connectivity index (χ0) is 71.8. The molecule has 0 N–H and O–H groups in total. The second-order valence-corrected chi connectivity index (χ2v) is 27.6. The Balaban J connectivity index is 4.06. The average molecular weight is 1370 g/mol. The number of hydrogen-bond donors (Lipinski definition) is 0. The van der Waals surface area contributed by atoms with Crippen molar-refractivity contribution >= 4 is 17.9 Å². The van der Waals surface area contributed by atoms with Gasteiger partial charge in [0.2, 0.25) is 0 Å². The third kappa shape index (κ3) is 79.8. The van der Waals surface area contributed by atoms with Crippen molar-refractivity contribution in [2.45, 2.75) is 334 Å². The number of rotatable bonds is 73. The van der Waals surface area contributed by atoms with Crippen molar-refractivity contribution in [3.63, 3.8) is 0 Å². The number of carboxylic acids is 1. The number of quaternary nitrogens is 1. The molecule has 0 spiro atoms. The number of hydrogen-bond acceptors (Lipinski definition) is 8. The molecule has 0 saturated heterocycles. The summed E-state index contributed by atoms with van der Waals surface area (Å²) in [5.74, 6) is -2.28. The fraction of sp³-hybridized carbons (Fsp3) is 0.656. The first-order valence-corrected chi connectivity index (χ1v) is 40.3. The van der Waals surface area contributed by atoms with E-state index in [-0.39, 0.29) is 38.6 Å². The van der Waals surface area contributed by atoms with Gasteiger partial charge in [-0.3, -0.25) is 9.59 Å². The molecule has 0 aromatic rings. The van der Waals surface area contributed by atoms with Gasteiger partial charge in [0.05, 0.1) is 40.3 Å². The maximum Gasteiger partial charge on any atom is 0.306 e. The van der Waals surface area contributed by atoms with Gasteiger partial charge < -0.3 is 33.3 Å². The zero-order valence-electron chi connectivity index (χ0n) is 64.3.